The van der Waals surface area contributed by atoms with E-state index in [9.17, 15) is 0 Å². The van der Waals surface area contributed by atoms with Crippen molar-refractivity contribution in [3.8, 4) is 0 Å². The van der Waals surface area contributed by atoms with Gasteiger partial charge in [-0.25, -0.2) is 4.98 Å². The van der Waals surface area contributed by atoms with E-state index in [-0.39, 0.29) is 0 Å². The molecule has 2 aromatic rings. The highest BCUT2D eigenvalue weighted by Crippen LogP contribution is 2.38. The third kappa shape index (κ3) is 2.16. The lowest BCUT2D eigenvalue weighted by Gasteiger charge is -2.18. The number of thiophene rings is 1. The van der Waals surface area contributed by atoms with Crippen molar-refractivity contribution in [2.75, 3.05) is 5.32 Å². The van der Waals surface area contributed by atoms with Crippen molar-refractivity contribution >= 4 is 27.2 Å². The molecule has 2 aromatic heterocycles. The van der Waals surface area contributed by atoms with Crippen LogP contribution in [0.15, 0.2) is 23.7 Å². The average Bonchev–Trinajstić information content (AvgIpc) is 2.85. The maximum atomic E-state index is 4.49. The lowest BCUT2D eigenvalue weighted by molar-refractivity contribution is 0.378. The zero-order valence-electron chi connectivity index (χ0n) is 10.4. The molecule has 0 radical (unpaired) electrons. The van der Waals surface area contributed by atoms with Gasteiger partial charge in [0, 0.05) is 22.3 Å². The van der Waals surface area contributed by atoms with E-state index in [0.717, 1.165) is 5.82 Å². The molecule has 90 valence electrons. The predicted octanol–water partition coefficient (Wildman–Crippen LogP) is 4.29. The van der Waals surface area contributed by atoms with Crippen LogP contribution in [0.1, 0.15) is 33.1 Å². The number of nitrogens with one attached hydrogen (secondary N) is 1. The van der Waals surface area contributed by atoms with Crippen LogP contribution in [0.4, 0.5) is 5.82 Å². The van der Waals surface area contributed by atoms with Gasteiger partial charge in [-0.2, -0.15) is 0 Å². The Morgan fingerprint density at radius 3 is 3.06 bits per heavy atom. The zero-order chi connectivity index (χ0) is 11.9. The molecule has 0 aliphatic heterocycles. The summed E-state index contributed by atoms with van der Waals surface area (Å²) in [6, 6.07) is 4.84. The zero-order valence-corrected chi connectivity index (χ0v) is 11.2. The van der Waals surface area contributed by atoms with Crippen molar-refractivity contribution in [2.24, 2.45) is 5.41 Å². The monoisotopic (exact) mass is 246 g/mol. The molecule has 3 rings (SSSR count). The van der Waals surface area contributed by atoms with Gasteiger partial charge in [0.15, 0.2) is 0 Å². The second-order valence-corrected chi connectivity index (χ2v) is 6.69. The van der Waals surface area contributed by atoms with Crippen LogP contribution in [0.25, 0.3) is 10.1 Å². The van der Waals surface area contributed by atoms with E-state index in [1.807, 2.05) is 6.20 Å². The standard InChI is InChI=1S/C14H18N2S/c1-14(2)6-3-10(9-14)16-13-11-5-8-17-12(11)4-7-15-13/h4-5,7-8,10H,3,6,9H2,1-2H3,(H,15,16). The molecule has 1 unspecified atom stereocenters. The normalized spacial score (nSPS) is 23.1. The second kappa shape index (κ2) is 3.98. The van der Waals surface area contributed by atoms with Gasteiger partial charge in [0.25, 0.3) is 0 Å². The van der Waals surface area contributed by atoms with Crippen LogP contribution in [0.5, 0.6) is 0 Å². The summed E-state index contributed by atoms with van der Waals surface area (Å²) in [6.07, 6.45) is 5.72. The van der Waals surface area contributed by atoms with E-state index in [0.29, 0.717) is 11.5 Å². The molecule has 1 aliphatic carbocycles. The van der Waals surface area contributed by atoms with E-state index in [1.54, 1.807) is 11.3 Å². The number of nitrogens with zero attached hydrogens (tertiary/aromatic N) is 1. The fourth-order valence-electron chi connectivity index (χ4n) is 2.76. The van der Waals surface area contributed by atoms with Crippen LogP contribution < -0.4 is 5.32 Å². The highest BCUT2D eigenvalue weighted by molar-refractivity contribution is 7.17. The molecule has 0 aromatic carbocycles. The first-order valence-electron chi connectivity index (χ1n) is 6.23. The molecule has 0 saturated heterocycles. The van der Waals surface area contributed by atoms with E-state index < -0.39 is 0 Å². The Labute approximate surface area is 106 Å². The molecule has 2 nitrogen and oxygen atoms in total. The number of aromatic nitrogens is 1. The summed E-state index contributed by atoms with van der Waals surface area (Å²) >= 11 is 1.78. The highest BCUT2D eigenvalue weighted by atomic mass is 32.1. The fourth-order valence-corrected chi connectivity index (χ4v) is 3.54. The van der Waals surface area contributed by atoms with Gasteiger partial charge in [-0.15, -0.1) is 11.3 Å². The average molecular weight is 246 g/mol. The lowest BCUT2D eigenvalue weighted by atomic mass is 9.92. The van der Waals surface area contributed by atoms with Crippen molar-refractivity contribution in [2.45, 2.75) is 39.2 Å². The number of fused-ring (bicyclic) bond motifs is 1. The van der Waals surface area contributed by atoms with Gasteiger partial charge < -0.3 is 5.32 Å². The van der Waals surface area contributed by atoms with Gasteiger partial charge in [-0.05, 0) is 42.2 Å². The second-order valence-electron chi connectivity index (χ2n) is 5.74. The Bertz CT molecular complexity index is 530. The van der Waals surface area contributed by atoms with Crippen LogP contribution in [-0.2, 0) is 0 Å². The number of pyridine rings is 1. The van der Waals surface area contributed by atoms with E-state index in [2.05, 4.69) is 41.7 Å². The van der Waals surface area contributed by atoms with Gasteiger partial charge >= 0.3 is 0 Å². The summed E-state index contributed by atoms with van der Waals surface area (Å²) in [5.74, 6) is 1.06. The lowest BCUT2D eigenvalue weighted by Crippen LogP contribution is -2.18. The van der Waals surface area contributed by atoms with Crippen molar-refractivity contribution in [1.29, 1.82) is 0 Å². The highest BCUT2D eigenvalue weighted by Gasteiger charge is 2.31. The minimum absolute atomic E-state index is 0.486. The SMILES string of the molecule is CC1(C)CCC(Nc2nccc3sccc23)C1. The first-order valence-corrected chi connectivity index (χ1v) is 7.11. The third-order valence-electron chi connectivity index (χ3n) is 3.69. The van der Waals surface area contributed by atoms with Gasteiger partial charge in [-0.1, -0.05) is 13.8 Å². The maximum Gasteiger partial charge on any atom is 0.134 e. The molecule has 1 N–H and O–H groups in total. The van der Waals surface area contributed by atoms with Crippen molar-refractivity contribution in [3.05, 3.63) is 23.7 Å². The topological polar surface area (TPSA) is 24.9 Å². The first-order chi connectivity index (χ1) is 8.14. The number of rotatable bonds is 2. The minimum atomic E-state index is 0.486. The largest absolute Gasteiger partial charge is 0.367 e. The van der Waals surface area contributed by atoms with Gasteiger partial charge in [0.1, 0.15) is 5.82 Å². The Morgan fingerprint density at radius 2 is 2.29 bits per heavy atom. The summed E-state index contributed by atoms with van der Waals surface area (Å²) in [7, 11) is 0. The van der Waals surface area contributed by atoms with Gasteiger partial charge in [0.05, 0.1) is 0 Å². The summed E-state index contributed by atoms with van der Waals surface area (Å²) < 4.78 is 1.32. The van der Waals surface area contributed by atoms with Crippen LogP contribution in [0.3, 0.4) is 0 Å². The molecule has 0 amide bonds. The molecule has 1 atom stereocenters. The summed E-state index contributed by atoms with van der Waals surface area (Å²) in [6.45, 7) is 4.71. The Hall–Kier alpha value is -1.09. The van der Waals surface area contributed by atoms with Crippen molar-refractivity contribution in [3.63, 3.8) is 0 Å². The van der Waals surface area contributed by atoms with Crippen molar-refractivity contribution in [1.82, 2.24) is 4.98 Å². The molecular formula is C14H18N2S. The van der Waals surface area contributed by atoms with Crippen LogP contribution >= 0.6 is 11.3 Å². The Kier molecular flexibility index (Phi) is 2.58. The quantitative estimate of drug-likeness (QED) is 0.855. The van der Waals surface area contributed by atoms with Crippen molar-refractivity contribution < 1.29 is 0 Å². The molecule has 1 saturated carbocycles. The molecule has 17 heavy (non-hydrogen) atoms. The molecule has 0 spiro atoms. The van der Waals surface area contributed by atoms with E-state index >= 15 is 0 Å². The maximum absolute atomic E-state index is 4.49. The third-order valence-corrected chi connectivity index (χ3v) is 4.57. The molecule has 2 heterocycles. The minimum Gasteiger partial charge on any atom is -0.367 e. The predicted molar refractivity (Wildman–Crippen MR) is 74.7 cm³/mol. The molecule has 1 aliphatic rings. The molecule has 3 heteroatoms. The van der Waals surface area contributed by atoms with Crippen LogP contribution in [-0.4, -0.2) is 11.0 Å². The Morgan fingerprint density at radius 1 is 1.41 bits per heavy atom. The first kappa shape index (κ1) is 11.0. The number of hydrogen-bond acceptors (Lipinski definition) is 3. The molecular weight excluding hydrogens is 228 g/mol. The van der Waals surface area contributed by atoms with Gasteiger partial charge in [0.2, 0.25) is 0 Å². The van der Waals surface area contributed by atoms with Crippen LogP contribution in [0, 0.1) is 5.41 Å². The number of hydrogen-bond donors (Lipinski definition) is 1. The smallest absolute Gasteiger partial charge is 0.134 e. The van der Waals surface area contributed by atoms with E-state index in [4.69, 9.17) is 0 Å². The Balaban J connectivity index is 1.84. The molecule has 0 bridgehead atoms. The van der Waals surface area contributed by atoms with Crippen LogP contribution in [0.2, 0.25) is 0 Å². The van der Waals surface area contributed by atoms with Gasteiger partial charge in [-0.3, -0.25) is 0 Å². The number of anilines is 1. The fraction of sp³-hybridized carbons (Fsp3) is 0.500. The summed E-state index contributed by atoms with van der Waals surface area (Å²) in [5.41, 5.74) is 0.486. The van der Waals surface area contributed by atoms with E-state index in [1.165, 1.54) is 29.3 Å². The summed E-state index contributed by atoms with van der Waals surface area (Å²) in [5, 5.41) is 7.02. The summed E-state index contributed by atoms with van der Waals surface area (Å²) in [4.78, 5) is 4.49. The molecule has 1 fully saturated rings.